The molecule has 0 aromatic heterocycles. The Morgan fingerprint density at radius 1 is 1.40 bits per heavy atom. The number of nitrogens with zero attached hydrogens (tertiary/aromatic N) is 2. The zero-order valence-corrected chi connectivity index (χ0v) is 10.1. The molecule has 0 rings (SSSR count). The van der Waals surface area contributed by atoms with Crippen molar-refractivity contribution < 1.29 is 14.6 Å². The number of rotatable bonds is 6. The van der Waals surface area contributed by atoms with E-state index in [1.165, 1.54) is 0 Å². The van der Waals surface area contributed by atoms with Crippen molar-refractivity contribution in [2.45, 2.75) is 19.0 Å². The maximum atomic E-state index is 10.8. The minimum Gasteiger partial charge on any atom is -0.355 e. The monoisotopic (exact) mass is 331 g/mol. The molecule has 9 heteroatoms. The molecule has 0 aromatic rings. The molecule has 0 aliphatic rings. The van der Waals surface area contributed by atoms with Crippen LogP contribution in [0.3, 0.4) is 0 Å². The van der Waals surface area contributed by atoms with Gasteiger partial charge >= 0.3 is 5.66 Å². The lowest BCUT2D eigenvalue weighted by Crippen LogP contribution is -2.45. The summed E-state index contributed by atoms with van der Waals surface area (Å²) in [6, 6.07) is 0. The minimum absolute atomic E-state index is 0.0830. The van der Waals surface area contributed by atoms with Crippen LogP contribution >= 0.6 is 22.6 Å². The van der Waals surface area contributed by atoms with Gasteiger partial charge in [-0.2, -0.15) is 0 Å². The van der Waals surface area contributed by atoms with Gasteiger partial charge in [0, 0.05) is 6.54 Å². The Hall–Kier alpha value is -1.00. The first-order chi connectivity index (χ1) is 6.84. The van der Waals surface area contributed by atoms with E-state index in [1.54, 1.807) is 0 Å². The van der Waals surface area contributed by atoms with Crippen molar-refractivity contribution >= 4 is 28.5 Å². The Balaban J connectivity index is 4.27. The van der Waals surface area contributed by atoms with Crippen molar-refractivity contribution in [3.63, 3.8) is 0 Å². The second-order valence-electron chi connectivity index (χ2n) is 2.96. The van der Waals surface area contributed by atoms with E-state index in [-0.39, 0.29) is 23.3 Å². The highest BCUT2D eigenvalue weighted by atomic mass is 127. The minimum atomic E-state index is -2.24. The Bertz CT molecular complexity index is 268. The quantitative estimate of drug-likeness (QED) is 0.245. The molecule has 0 aliphatic heterocycles. The van der Waals surface area contributed by atoms with Crippen LogP contribution in [0, 0.1) is 20.2 Å². The predicted molar refractivity (Wildman–Crippen MR) is 58.9 cm³/mol. The molecule has 1 amide bonds. The molecule has 0 unspecified atom stereocenters. The molecule has 0 atom stereocenters. The number of alkyl halides is 1. The second kappa shape index (κ2) is 5.78. The topological polar surface area (TPSA) is 115 Å². The van der Waals surface area contributed by atoms with Crippen LogP contribution in [-0.4, -0.2) is 32.4 Å². The number of hydrogen-bond acceptors (Lipinski definition) is 5. The molecule has 0 spiro atoms. The van der Waals surface area contributed by atoms with E-state index >= 15 is 0 Å². The van der Waals surface area contributed by atoms with Crippen LogP contribution in [0.25, 0.3) is 0 Å². The SMILES string of the molecule is CC(CCNC(=O)CI)([N+](=O)[O-])[N+](=O)[O-]. The van der Waals surface area contributed by atoms with Crippen LogP contribution in [0.1, 0.15) is 13.3 Å². The van der Waals surface area contributed by atoms with Gasteiger partial charge in [0.05, 0.1) is 21.2 Å². The molecule has 0 fully saturated rings. The van der Waals surface area contributed by atoms with Crippen molar-refractivity contribution in [1.29, 1.82) is 0 Å². The van der Waals surface area contributed by atoms with E-state index in [4.69, 9.17) is 0 Å². The molecular weight excluding hydrogens is 321 g/mol. The Labute approximate surface area is 98.8 Å². The first-order valence-corrected chi connectivity index (χ1v) is 5.49. The lowest BCUT2D eigenvalue weighted by molar-refractivity contribution is -0.792. The van der Waals surface area contributed by atoms with Crippen LogP contribution in [0.15, 0.2) is 0 Å². The summed E-state index contributed by atoms with van der Waals surface area (Å²) < 4.78 is 0.214. The average molecular weight is 331 g/mol. The molecule has 1 N–H and O–H groups in total. The molecule has 0 saturated carbocycles. The van der Waals surface area contributed by atoms with E-state index in [0.717, 1.165) is 6.92 Å². The summed E-state index contributed by atoms with van der Waals surface area (Å²) in [4.78, 5) is 29.8. The van der Waals surface area contributed by atoms with Gasteiger partial charge in [0.15, 0.2) is 0 Å². The van der Waals surface area contributed by atoms with Gasteiger partial charge in [-0.3, -0.25) is 25.0 Å². The van der Waals surface area contributed by atoms with Crippen molar-refractivity contribution in [2.75, 3.05) is 11.0 Å². The summed E-state index contributed by atoms with van der Waals surface area (Å²) in [7, 11) is 0. The number of hydrogen-bond donors (Lipinski definition) is 1. The van der Waals surface area contributed by atoms with E-state index in [0.29, 0.717) is 0 Å². The highest BCUT2D eigenvalue weighted by molar-refractivity contribution is 14.1. The molecule has 0 heterocycles. The van der Waals surface area contributed by atoms with Crippen LogP contribution in [0.5, 0.6) is 0 Å². The Kier molecular flexibility index (Phi) is 5.39. The van der Waals surface area contributed by atoms with Crippen LogP contribution in [0.2, 0.25) is 0 Å². The van der Waals surface area contributed by atoms with E-state index < -0.39 is 15.5 Å². The number of amides is 1. The summed E-state index contributed by atoms with van der Waals surface area (Å²) in [6.07, 6.45) is -0.338. The average Bonchev–Trinajstić information content (AvgIpc) is 2.16. The standard InChI is InChI=1S/C6H10IN3O5/c1-6(9(12)13,10(14)15)2-3-8-5(11)4-7/h2-4H2,1H3,(H,8,11). The van der Waals surface area contributed by atoms with Crippen molar-refractivity contribution in [2.24, 2.45) is 0 Å². The molecular formula is C6H10IN3O5. The highest BCUT2D eigenvalue weighted by Gasteiger charge is 2.49. The number of nitro groups is 2. The summed E-state index contributed by atoms with van der Waals surface area (Å²) in [6.45, 7) is 0.837. The highest BCUT2D eigenvalue weighted by Crippen LogP contribution is 2.13. The van der Waals surface area contributed by atoms with E-state index in [9.17, 15) is 25.0 Å². The number of halogens is 1. The summed E-state index contributed by atoms with van der Waals surface area (Å²) in [5.74, 6) is -0.301. The lowest BCUT2D eigenvalue weighted by atomic mass is 10.1. The fourth-order valence-electron chi connectivity index (χ4n) is 0.735. The normalized spacial score (nSPS) is 10.8. The van der Waals surface area contributed by atoms with Crippen LogP contribution in [0.4, 0.5) is 0 Å². The van der Waals surface area contributed by atoms with Gasteiger partial charge in [-0.1, -0.05) is 22.6 Å². The first-order valence-electron chi connectivity index (χ1n) is 3.96. The summed E-state index contributed by atoms with van der Waals surface area (Å²) in [5.41, 5.74) is -2.24. The van der Waals surface area contributed by atoms with Crippen molar-refractivity contribution in [3.05, 3.63) is 20.2 Å². The summed E-state index contributed by atoms with van der Waals surface area (Å²) >= 11 is 1.82. The van der Waals surface area contributed by atoms with Gasteiger partial charge in [-0.15, -0.1) is 0 Å². The van der Waals surface area contributed by atoms with E-state index in [1.807, 2.05) is 22.6 Å². The van der Waals surface area contributed by atoms with Gasteiger partial charge < -0.3 is 5.32 Å². The Morgan fingerprint density at radius 3 is 2.20 bits per heavy atom. The third-order valence-corrected chi connectivity index (χ3v) is 2.52. The molecule has 0 radical (unpaired) electrons. The number of carbonyl (C=O) groups excluding carboxylic acids is 1. The fourth-order valence-corrected chi connectivity index (χ4v) is 1.00. The third kappa shape index (κ3) is 3.93. The van der Waals surface area contributed by atoms with Crippen LogP contribution in [-0.2, 0) is 4.79 Å². The van der Waals surface area contributed by atoms with Gasteiger partial charge in [0.2, 0.25) is 5.91 Å². The molecule has 0 aromatic carbocycles. The maximum absolute atomic E-state index is 10.8. The molecule has 0 aliphatic carbocycles. The van der Waals surface area contributed by atoms with Crippen molar-refractivity contribution in [1.82, 2.24) is 5.32 Å². The largest absolute Gasteiger partial charge is 0.457 e. The molecule has 8 nitrogen and oxygen atoms in total. The fraction of sp³-hybridized carbons (Fsp3) is 0.833. The lowest BCUT2D eigenvalue weighted by Gasteiger charge is -2.12. The zero-order valence-electron chi connectivity index (χ0n) is 7.93. The van der Waals surface area contributed by atoms with Crippen LogP contribution < -0.4 is 5.32 Å². The summed E-state index contributed by atoms with van der Waals surface area (Å²) in [5, 5.41) is 23.3. The first kappa shape index (κ1) is 14.0. The molecule has 86 valence electrons. The number of nitrogens with one attached hydrogen (secondary N) is 1. The van der Waals surface area contributed by atoms with Gasteiger partial charge in [0.1, 0.15) is 6.42 Å². The second-order valence-corrected chi connectivity index (χ2v) is 3.73. The van der Waals surface area contributed by atoms with Gasteiger partial charge in [-0.25, -0.2) is 0 Å². The number of carbonyl (C=O) groups is 1. The zero-order chi connectivity index (χ0) is 12.1. The van der Waals surface area contributed by atoms with Gasteiger partial charge in [0.25, 0.3) is 0 Å². The molecule has 0 saturated heterocycles. The Morgan fingerprint density at radius 2 is 1.87 bits per heavy atom. The van der Waals surface area contributed by atoms with E-state index in [2.05, 4.69) is 5.32 Å². The predicted octanol–water partition coefficient (Wildman–Crippen LogP) is 0.197. The van der Waals surface area contributed by atoms with Gasteiger partial charge in [-0.05, 0) is 0 Å². The van der Waals surface area contributed by atoms with Crippen molar-refractivity contribution in [3.8, 4) is 0 Å². The molecule has 15 heavy (non-hydrogen) atoms. The molecule has 0 bridgehead atoms. The maximum Gasteiger partial charge on any atom is 0.457 e. The smallest absolute Gasteiger partial charge is 0.355 e. The third-order valence-electron chi connectivity index (χ3n) is 1.83.